The lowest BCUT2D eigenvalue weighted by atomic mass is 9.80. The third-order valence-electron chi connectivity index (χ3n) is 5.15. The maximum absolute atomic E-state index is 13.1. The number of hydrogen-bond donors (Lipinski definition) is 1. The predicted octanol–water partition coefficient (Wildman–Crippen LogP) is 2.90. The SMILES string of the molecule is O=C1NC2(CCCc3sccc32)C(=O)N1Cc1cnc(C2CC2)o1. The van der Waals surface area contributed by atoms with E-state index in [4.69, 9.17) is 4.42 Å². The molecule has 1 aliphatic heterocycles. The Morgan fingerprint density at radius 2 is 2.29 bits per heavy atom. The fraction of sp³-hybridized carbons (Fsp3) is 0.471. The summed E-state index contributed by atoms with van der Waals surface area (Å²) in [5, 5.41) is 4.95. The van der Waals surface area contributed by atoms with Crippen molar-refractivity contribution in [1.82, 2.24) is 15.2 Å². The minimum Gasteiger partial charge on any atom is -0.444 e. The fourth-order valence-corrected chi connectivity index (χ4v) is 4.76. The van der Waals surface area contributed by atoms with E-state index in [2.05, 4.69) is 10.3 Å². The zero-order valence-corrected chi connectivity index (χ0v) is 13.9. The van der Waals surface area contributed by atoms with Crippen molar-refractivity contribution in [3.05, 3.63) is 39.7 Å². The minimum atomic E-state index is -0.885. The van der Waals surface area contributed by atoms with E-state index in [1.807, 2.05) is 11.4 Å². The van der Waals surface area contributed by atoms with E-state index in [1.165, 1.54) is 9.78 Å². The van der Waals surface area contributed by atoms with Crippen LogP contribution in [0.2, 0.25) is 0 Å². The third-order valence-corrected chi connectivity index (χ3v) is 6.13. The number of nitrogens with zero attached hydrogens (tertiary/aromatic N) is 2. The molecule has 3 amide bonds. The number of fused-ring (bicyclic) bond motifs is 2. The molecule has 0 aromatic carbocycles. The second kappa shape index (κ2) is 4.92. The number of aryl methyl sites for hydroxylation is 1. The van der Waals surface area contributed by atoms with Crippen molar-refractivity contribution in [1.29, 1.82) is 0 Å². The van der Waals surface area contributed by atoms with Gasteiger partial charge in [0.1, 0.15) is 11.3 Å². The molecule has 5 rings (SSSR count). The summed E-state index contributed by atoms with van der Waals surface area (Å²) in [6.45, 7) is 0.144. The van der Waals surface area contributed by atoms with Gasteiger partial charge in [-0.15, -0.1) is 11.3 Å². The van der Waals surface area contributed by atoms with Gasteiger partial charge in [0.25, 0.3) is 5.91 Å². The Balaban J connectivity index is 1.44. The molecule has 6 nitrogen and oxygen atoms in total. The van der Waals surface area contributed by atoms with Crippen LogP contribution in [0.3, 0.4) is 0 Å². The zero-order valence-electron chi connectivity index (χ0n) is 13.1. The molecule has 7 heteroatoms. The van der Waals surface area contributed by atoms with Crippen molar-refractivity contribution in [2.24, 2.45) is 0 Å². The van der Waals surface area contributed by atoms with Gasteiger partial charge in [0.15, 0.2) is 5.89 Å². The number of urea groups is 1. The summed E-state index contributed by atoms with van der Waals surface area (Å²) in [6, 6.07) is 1.63. The number of hydrogen-bond acceptors (Lipinski definition) is 5. The molecule has 124 valence electrons. The molecule has 1 N–H and O–H groups in total. The number of amides is 3. The van der Waals surface area contributed by atoms with Gasteiger partial charge in [-0.3, -0.25) is 9.69 Å². The van der Waals surface area contributed by atoms with Crippen molar-refractivity contribution >= 4 is 23.3 Å². The molecule has 0 bridgehead atoms. The first kappa shape index (κ1) is 14.2. The quantitative estimate of drug-likeness (QED) is 0.870. The van der Waals surface area contributed by atoms with Crippen LogP contribution < -0.4 is 5.32 Å². The van der Waals surface area contributed by atoms with Crippen LogP contribution in [0, 0.1) is 0 Å². The summed E-state index contributed by atoms with van der Waals surface area (Å²) in [4.78, 5) is 32.3. The first-order valence-electron chi connectivity index (χ1n) is 8.33. The standard InChI is InChI=1S/C17H17N3O3S/c21-15-17(6-1-2-13-12(17)5-7-24-13)19-16(22)20(15)9-11-8-18-14(23-11)10-3-4-10/h5,7-8,10H,1-4,6,9H2,(H,19,22). The van der Waals surface area contributed by atoms with Crippen molar-refractivity contribution < 1.29 is 14.0 Å². The smallest absolute Gasteiger partial charge is 0.325 e. The van der Waals surface area contributed by atoms with Crippen LogP contribution in [0.4, 0.5) is 4.79 Å². The number of aromatic nitrogens is 1. The van der Waals surface area contributed by atoms with Crippen LogP contribution in [0.5, 0.6) is 0 Å². The second-order valence-electron chi connectivity index (χ2n) is 6.78. The van der Waals surface area contributed by atoms with Gasteiger partial charge in [-0.1, -0.05) is 0 Å². The lowest BCUT2D eigenvalue weighted by Crippen LogP contribution is -2.45. The van der Waals surface area contributed by atoms with E-state index in [1.54, 1.807) is 17.5 Å². The highest BCUT2D eigenvalue weighted by Gasteiger charge is 2.54. The van der Waals surface area contributed by atoms with Crippen LogP contribution in [0.15, 0.2) is 22.1 Å². The normalized spacial score (nSPS) is 26.1. The molecular weight excluding hydrogens is 326 g/mol. The maximum Gasteiger partial charge on any atom is 0.325 e. The molecule has 0 radical (unpaired) electrons. The van der Waals surface area contributed by atoms with Crippen molar-refractivity contribution in [2.75, 3.05) is 0 Å². The molecule has 24 heavy (non-hydrogen) atoms. The summed E-state index contributed by atoms with van der Waals surface area (Å²) < 4.78 is 5.71. The summed E-state index contributed by atoms with van der Waals surface area (Å²) >= 11 is 1.66. The van der Waals surface area contributed by atoms with Crippen LogP contribution in [-0.4, -0.2) is 21.8 Å². The topological polar surface area (TPSA) is 75.4 Å². The average Bonchev–Trinajstić information content (AvgIpc) is 3.04. The van der Waals surface area contributed by atoms with Crippen LogP contribution >= 0.6 is 11.3 Å². The number of imide groups is 1. The highest BCUT2D eigenvalue weighted by atomic mass is 32.1. The lowest BCUT2D eigenvalue weighted by molar-refractivity contribution is -0.132. The summed E-state index contributed by atoms with van der Waals surface area (Å²) in [5.74, 6) is 1.54. The van der Waals surface area contributed by atoms with Gasteiger partial charge in [-0.2, -0.15) is 0 Å². The molecule has 1 saturated carbocycles. The van der Waals surface area contributed by atoms with Crippen LogP contribution in [0.1, 0.15) is 53.7 Å². The van der Waals surface area contributed by atoms with Gasteiger partial charge in [-0.05, 0) is 43.6 Å². The summed E-state index contributed by atoms with van der Waals surface area (Å²) in [7, 11) is 0. The van der Waals surface area contributed by atoms with E-state index in [0.29, 0.717) is 18.1 Å². The molecule has 2 aromatic rings. The van der Waals surface area contributed by atoms with Crippen molar-refractivity contribution in [3.8, 4) is 0 Å². The first-order chi connectivity index (χ1) is 11.7. The van der Waals surface area contributed by atoms with Crippen LogP contribution in [0.25, 0.3) is 0 Å². The number of thiophene rings is 1. The number of oxazole rings is 1. The van der Waals surface area contributed by atoms with Gasteiger partial charge >= 0.3 is 6.03 Å². The lowest BCUT2D eigenvalue weighted by Gasteiger charge is -2.31. The second-order valence-corrected chi connectivity index (χ2v) is 7.78. The van der Waals surface area contributed by atoms with Crippen molar-refractivity contribution in [2.45, 2.75) is 50.1 Å². The monoisotopic (exact) mass is 343 g/mol. The summed E-state index contributed by atoms with van der Waals surface area (Å²) in [6.07, 6.45) is 6.38. The highest BCUT2D eigenvalue weighted by Crippen LogP contribution is 2.43. The Morgan fingerprint density at radius 3 is 3.12 bits per heavy atom. The Labute approximate surface area is 142 Å². The van der Waals surface area contributed by atoms with Gasteiger partial charge in [-0.25, -0.2) is 9.78 Å². The third kappa shape index (κ3) is 1.97. The average molecular weight is 343 g/mol. The number of carbonyl (C=O) groups is 2. The van der Waals surface area contributed by atoms with Crippen molar-refractivity contribution in [3.63, 3.8) is 0 Å². The number of nitrogens with one attached hydrogen (secondary N) is 1. The largest absolute Gasteiger partial charge is 0.444 e. The van der Waals surface area contributed by atoms with E-state index < -0.39 is 5.54 Å². The van der Waals surface area contributed by atoms with Gasteiger partial charge in [0.2, 0.25) is 0 Å². The Morgan fingerprint density at radius 1 is 1.42 bits per heavy atom. The molecule has 3 aliphatic rings. The molecule has 1 unspecified atom stereocenters. The van der Waals surface area contributed by atoms with Gasteiger partial charge in [0, 0.05) is 16.4 Å². The van der Waals surface area contributed by atoms with Gasteiger partial charge in [0.05, 0.1) is 12.7 Å². The Kier molecular flexibility index (Phi) is 2.92. The van der Waals surface area contributed by atoms with E-state index in [9.17, 15) is 9.59 Å². The molecule has 1 saturated heterocycles. The highest BCUT2D eigenvalue weighted by molar-refractivity contribution is 7.10. The van der Waals surface area contributed by atoms with E-state index >= 15 is 0 Å². The Bertz CT molecular complexity index is 838. The Hall–Kier alpha value is -2.15. The molecular formula is C17H17N3O3S. The molecule has 1 atom stereocenters. The molecule has 2 fully saturated rings. The fourth-order valence-electron chi connectivity index (χ4n) is 3.76. The first-order valence-corrected chi connectivity index (χ1v) is 9.21. The maximum atomic E-state index is 13.1. The molecule has 2 aliphatic carbocycles. The minimum absolute atomic E-state index is 0.144. The van der Waals surface area contributed by atoms with E-state index in [0.717, 1.165) is 37.1 Å². The molecule has 3 heterocycles. The molecule has 1 spiro atoms. The zero-order chi connectivity index (χ0) is 16.3. The number of carbonyl (C=O) groups excluding carboxylic acids is 2. The van der Waals surface area contributed by atoms with Crippen LogP contribution in [-0.2, 0) is 23.3 Å². The van der Waals surface area contributed by atoms with Gasteiger partial charge < -0.3 is 9.73 Å². The molecule has 2 aromatic heterocycles. The predicted molar refractivity (Wildman–Crippen MR) is 86.5 cm³/mol. The van der Waals surface area contributed by atoms with E-state index in [-0.39, 0.29) is 18.5 Å². The number of rotatable bonds is 3. The summed E-state index contributed by atoms with van der Waals surface area (Å²) in [5.41, 5.74) is 0.0835.